The number of nitrogens with zero attached hydrogens (tertiary/aromatic N) is 2. The molecule has 176 valence electrons. The number of hydrogen-bond donors (Lipinski definition) is 0. The molecule has 2 aromatic rings. The number of benzene rings is 2. The van der Waals surface area contributed by atoms with E-state index in [0.29, 0.717) is 38.1 Å². The molecule has 2 saturated heterocycles. The molecule has 33 heavy (non-hydrogen) atoms. The van der Waals surface area contributed by atoms with Crippen LogP contribution in [-0.2, 0) is 14.6 Å². The maximum Gasteiger partial charge on any atom is 0.285 e. The van der Waals surface area contributed by atoms with Gasteiger partial charge in [-0.05, 0) is 30.3 Å². The average Bonchev–Trinajstić information content (AvgIpc) is 3.23. The van der Waals surface area contributed by atoms with Crippen LogP contribution in [-0.4, -0.2) is 63.1 Å². The number of anilines is 1. The van der Waals surface area contributed by atoms with Crippen LogP contribution in [0.5, 0.6) is 17.2 Å². The monoisotopic (exact) mass is 530 g/mol. The number of thioether (sulfide) groups is 1. The minimum Gasteiger partial charge on any atom is -0.495 e. The molecule has 0 unspecified atom stereocenters. The second-order valence-corrected chi connectivity index (χ2v) is 11.6. The summed E-state index contributed by atoms with van der Waals surface area (Å²) >= 11 is 13.5. The summed E-state index contributed by atoms with van der Waals surface area (Å²) in [6, 6.07) is 9.44. The standard InChI is InChI=1S/C21H20Cl2N2O6S2/c1-29-17-8-18(30-2)15(7-14(17)23)25-16-10-33(27,28)11-19(16)32-21(25)24-20(26)9-31-13-5-3-12(22)4-6-13/h3-8,16,19H,9-11H2,1-2H3/t16-,19-/m1/s1. The Kier molecular flexibility index (Phi) is 6.99. The molecule has 2 aromatic carbocycles. The number of amidine groups is 1. The van der Waals surface area contributed by atoms with Crippen LogP contribution in [0.3, 0.4) is 0 Å². The number of methoxy groups -OCH3 is 2. The second-order valence-electron chi connectivity index (χ2n) is 7.36. The number of sulfone groups is 1. The van der Waals surface area contributed by atoms with Crippen LogP contribution in [0, 0.1) is 0 Å². The van der Waals surface area contributed by atoms with Gasteiger partial charge in [0.1, 0.15) is 17.2 Å². The van der Waals surface area contributed by atoms with Crippen molar-refractivity contribution in [2.45, 2.75) is 11.3 Å². The summed E-state index contributed by atoms with van der Waals surface area (Å²) in [5.41, 5.74) is 0.505. The molecule has 0 radical (unpaired) electrons. The summed E-state index contributed by atoms with van der Waals surface area (Å²) in [5, 5.41) is 0.966. The predicted octanol–water partition coefficient (Wildman–Crippen LogP) is 3.69. The van der Waals surface area contributed by atoms with E-state index in [9.17, 15) is 13.2 Å². The topological polar surface area (TPSA) is 94.5 Å². The predicted molar refractivity (Wildman–Crippen MR) is 130 cm³/mol. The van der Waals surface area contributed by atoms with Crippen molar-refractivity contribution < 1.29 is 27.4 Å². The molecular formula is C21H20Cl2N2O6S2. The smallest absolute Gasteiger partial charge is 0.285 e. The molecule has 0 N–H and O–H groups in total. The zero-order chi connectivity index (χ0) is 23.8. The quantitative estimate of drug-likeness (QED) is 0.557. The maximum atomic E-state index is 12.6. The molecule has 12 heteroatoms. The zero-order valence-corrected chi connectivity index (χ0v) is 20.8. The first-order chi connectivity index (χ1) is 15.7. The van der Waals surface area contributed by atoms with Gasteiger partial charge < -0.3 is 19.1 Å². The van der Waals surface area contributed by atoms with E-state index in [1.54, 1.807) is 41.3 Å². The lowest BCUT2D eigenvalue weighted by Gasteiger charge is -2.26. The fourth-order valence-corrected chi connectivity index (χ4v) is 7.98. The number of carbonyl (C=O) groups is 1. The fourth-order valence-electron chi connectivity index (χ4n) is 3.69. The van der Waals surface area contributed by atoms with Gasteiger partial charge >= 0.3 is 0 Å². The molecule has 8 nitrogen and oxygen atoms in total. The molecule has 2 aliphatic heterocycles. The molecular weight excluding hydrogens is 511 g/mol. The minimum absolute atomic E-state index is 0.000475. The number of rotatable bonds is 6. The lowest BCUT2D eigenvalue weighted by Crippen LogP contribution is -2.38. The van der Waals surface area contributed by atoms with Gasteiger partial charge in [-0.25, -0.2) is 8.42 Å². The maximum absolute atomic E-state index is 12.6. The van der Waals surface area contributed by atoms with Gasteiger partial charge in [0.25, 0.3) is 5.91 Å². The average molecular weight is 531 g/mol. The minimum atomic E-state index is -3.23. The van der Waals surface area contributed by atoms with E-state index >= 15 is 0 Å². The highest BCUT2D eigenvalue weighted by Crippen LogP contribution is 2.46. The molecule has 0 aromatic heterocycles. The van der Waals surface area contributed by atoms with Gasteiger partial charge in [-0.1, -0.05) is 35.0 Å². The van der Waals surface area contributed by atoms with Crippen molar-refractivity contribution in [3.8, 4) is 17.2 Å². The van der Waals surface area contributed by atoms with Crippen LogP contribution in [0.15, 0.2) is 41.4 Å². The van der Waals surface area contributed by atoms with Crippen LogP contribution >= 0.6 is 35.0 Å². The Bertz CT molecular complexity index is 1200. The van der Waals surface area contributed by atoms with E-state index in [2.05, 4.69) is 4.99 Å². The molecule has 1 amide bonds. The number of hydrogen-bond acceptors (Lipinski definition) is 7. The Balaban J connectivity index is 1.65. The largest absolute Gasteiger partial charge is 0.495 e. The number of ether oxygens (including phenoxy) is 3. The van der Waals surface area contributed by atoms with Crippen LogP contribution in [0.2, 0.25) is 10.0 Å². The normalized spacial score (nSPS) is 22.3. The Morgan fingerprint density at radius 1 is 1.12 bits per heavy atom. The van der Waals surface area contributed by atoms with Crippen molar-refractivity contribution in [1.82, 2.24) is 0 Å². The van der Waals surface area contributed by atoms with Gasteiger partial charge in [-0.15, -0.1) is 0 Å². The summed E-state index contributed by atoms with van der Waals surface area (Å²) in [7, 11) is -0.257. The zero-order valence-electron chi connectivity index (χ0n) is 17.7. The van der Waals surface area contributed by atoms with Crippen molar-refractivity contribution in [3.63, 3.8) is 0 Å². The van der Waals surface area contributed by atoms with E-state index < -0.39 is 21.8 Å². The van der Waals surface area contributed by atoms with Crippen molar-refractivity contribution >= 4 is 61.6 Å². The first-order valence-corrected chi connectivity index (χ1v) is 13.2. The number of halogens is 2. The van der Waals surface area contributed by atoms with Crippen molar-refractivity contribution in [3.05, 3.63) is 46.4 Å². The lowest BCUT2D eigenvalue weighted by molar-refractivity contribution is -0.119. The van der Waals surface area contributed by atoms with Gasteiger partial charge in [0.2, 0.25) is 0 Å². The van der Waals surface area contributed by atoms with Crippen molar-refractivity contribution in [2.24, 2.45) is 4.99 Å². The number of amides is 1. The third-order valence-corrected chi connectivity index (χ3v) is 8.93. The lowest BCUT2D eigenvalue weighted by atomic mass is 10.2. The SMILES string of the molecule is COc1cc(OC)c(N2C(=NC(=O)COc3ccc(Cl)cc3)S[C@@H]3CS(=O)(=O)C[C@H]32)cc1Cl. The summed E-state index contributed by atoms with van der Waals surface area (Å²) in [6.07, 6.45) is 0. The van der Waals surface area contributed by atoms with Crippen LogP contribution in [0.4, 0.5) is 5.69 Å². The number of aliphatic imine (C=N–C) groups is 1. The Labute approximate surface area is 205 Å². The molecule has 0 spiro atoms. The third kappa shape index (κ3) is 5.18. The van der Waals surface area contributed by atoms with Gasteiger partial charge in [0, 0.05) is 16.3 Å². The van der Waals surface area contributed by atoms with E-state index in [1.807, 2.05) is 0 Å². The highest BCUT2D eigenvalue weighted by Gasteiger charge is 2.50. The molecule has 0 saturated carbocycles. The molecule has 4 rings (SSSR count). The van der Waals surface area contributed by atoms with Crippen LogP contribution in [0.1, 0.15) is 0 Å². The summed E-state index contributed by atoms with van der Waals surface area (Å²) in [6.45, 7) is -0.284. The molecule has 0 aliphatic carbocycles. The molecule has 0 bridgehead atoms. The fraction of sp³-hybridized carbons (Fsp3) is 0.333. The molecule has 2 fully saturated rings. The second kappa shape index (κ2) is 9.61. The highest BCUT2D eigenvalue weighted by molar-refractivity contribution is 8.16. The van der Waals surface area contributed by atoms with E-state index in [1.165, 1.54) is 26.0 Å². The molecule has 2 aliphatic rings. The van der Waals surface area contributed by atoms with E-state index in [4.69, 9.17) is 37.4 Å². The first-order valence-electron chi connectivity index (χ1n) is 9.78. The van der Waals surface area contributed by atoms with Crippen molar-refractivity contribution in [1.29, 1.82) is 0 Å². The molecule has 2 heterocycles. The van der Waals surface area contributed by atoms with Gasteiger partial charge in [0.15, 0.2) is 21.6 Å². The van der Waals surface area contributed by atoms with Gasteiger partial charge in [0.05, 0.1) is 42.5 Å². The van der Waals surface area contributed by atoms with Gasteiger partial charge in [-0.3, -0.25) is 4.79 Å². The van der Waals surface area contributed by atoms with E-state index in [-0.39, 0.29) is 23.4 Å². The summed E-state index contributed by atoms with van der Waals surface area (Å²) in [4.78, 5) is 18.6. The summed E-state index contributed by atoms with van der Waals surface area (Å²) < 4.78 is 40.9. The Hall–Kier alpha value is -2.14. The van der Waals surface area contributed by atoms with E-state index in [0.717, 1.165) is 0 Å². The van der Waals surface area contributed by atoms with Gasteiger partial charge in [-0.2, -0.15) is 4.99 Å². The third-order valence-electron chi connectivity index (χ3n) is 5.18. The molecule has 2 atom stereocenters. The number of carbonyl (C=O) groups excluding carboxylic acids is 1. The van der Waals surface area contributed by atoms with Crippen LogP contribution in [0.25, 0.3) is 0 Å². The van der Waals surface area contributed by atoms with Crippen LogP contribution < -0.4 is 19.1 Å². The first kappa shape index (κ1) is 24.0. The highest BCUT2D eigenvalue weighted by atomic mass is 35.5. The number of fused-ring (bicyclic) bond motifs is 1. The Morgan fingerprint density at radius 3 is 2.48 bits per heavy atom. The van der Waals surface area contributed by atoms with Crippen molar-refractivity contribution in [2.75, 3.05) is 37.2 Å². The summed E-state index contributed by atoms with van der Waals surface area (Å²) in [5.74, 6) is 0.727. The Morgan fingerprint density at radius 2 is 1.82 bits per heavy atom.